The topological polar surface area (TPSA) is 93.7 Å². The molecule has 0 spiro atoms. The van der Waals surface area contributed by atoms with Gasteiger partial charge in [0.15, 0.2) is 0 Å². The van der Waals surface area contributed by atoms with Crippen LogP contribution in [-0.2, 0) is 10.0 Å². The molecule has 0 aromatic heterocycles. The first-order chi connectivity index (χ1) is 12.7. The van der Waals surface area contributed by atoms with Crippen molar-refractivity contribution in [3.63, 3.8) is 0 Å². The largest absolute Gasteiger partial charge is 0.496 e. The van der Waals surface area contributed by atoms with E-state index < -0.39 is 15.9 Å². The predicted octanol–water partition coefficient (Wildman–Crippen LogP) is 2.95. The predicted molar refractivity (Wildman–Crippen MR) is 104 cm³/mol. The van der Waals surface area contributed by atoms with Crippen LogP contribution in [0, 0.1) is 6.92 Å². The van der Waals surface area contributed by atoms with Crippen molar-refractivity contribution in [2.75, 3.05) is 18.9 Å². The normalized spacial score (nSPS) is 11.2. The molecule has 0 unspecified atom stereocenters. The number of benzene rings is 2. The molecular weight excluding hydrogens is 368 g/mol. The van der Waals surface area contributed by atoms with E-state index in [1.807, 2.05) is 26.8 Å². The molecule has 2 N–H and O–H groups in total. The van der Waals surface area contributed by atoms with E-state index in [-0.39, 0.29) is 16.5 Å². The minimum absolute atomic E-state index is 0.0548. The zero-order valence-corrected chi connectivity index (χ0v) is 16.8. The Balaban J connectivity index is 2.44. The Morgan fingerprint density at radius 1 is 1.00 bits per heavy atom. The highest BCUT2D eigenvalue weighted by Crippen LogP contribution is 2.29. The number of hydrogen-bond acceptors (Lipinski definition) is 5. The first kappa shape index (κ1) is 20.6. The van der Waals surface area contributed by atoms with Crippen molar-refractivity contribution < 1.29 is 22.7 Å². The summed E-state index contributed by atoms with van der Waals surface area (Å²) < 4.78 is 38.6. The lowest BCUT2D eigenvalue weighted by Gasteiger charge is -2.15. The number of rotatable bonds is 7. The standard InChI is InChI=1S/C19H24N2O5S/c1-12(2)20-19(22)15-11-14(7-9-17(15)25-4)27(23,24)21-16-10-13(3)6-8-18(16)26-5/h6-12,21H,1-5H3,(H,20,22). The van der Waals surface area contributed by atoms with Crippen molar-refractivity contribution in [2.24, 2.45) is 0 Å². The van der Waals surface area contributed by atoms with Crippen LogP contribution in [0.5, 0.6) is 11.5 Å². The van der Waals surface area contributed by atoms with Gasteiger partial charge in [0.25, 0.3) is 15.9 Å². The van der Waals surface area contributed by atoms with Gasteiger partial charge in [-0.2, -0.15) is 0 Å². The Morgan fingerprint density at radius 3 is 2.22 bits per heavy atom. The van der Waals surface area contributed by atoms with Gasteiger partial charge in [-0.05, 0) is 56.7 Å². The summed E-state index contributed by atoms with van der Waals surface area (Å²) in [5.41, 5.74) is 1.34. The van der Waals surface area contributed by atoms with Crippen molar-refractivity contribution in [3.05, 3.63) is 47.5 Å². The fourth-order valence-electron chi connectivity index (χ4n) is 2.48. The van der Waals surface area contributed by atoms with Gasteiger partial charge in [0, 0.05) is 6.04 Å². The molecule has 0 saturated carbocycles. The molecule has 2 aromatic carbocycles. The molecule has 0 aliphatic rings. The van der Waals surface area contributed by atoms with Gasteiger partial charge in [0.2, 0.25) is 0 Å². The van der Waals surface area contributed by atoms with Crippen molar-refractivity contribution in [1.82, 2.24) is 5.32 Å². The van der Waals surface area contributed by atoms with E-state index in [1.54, 1.807) is 12.1 Å². The van der Waals surface area contributed by atoms with E-state index >= 15 is 0 Å². The molecule has 0 fully saturated rings. The third kappa shape index (κ3) is 4.91. The van der Waals surface area contributed by atoms with Gasteiger partial charge in [-0.15, -0.1) is 0 Å². The number of amides is 1. The second kappa shape index (κ2) is 8.30. The van der Waals surface area contributed by atoms with Crippen LogP contribution >= 0.6 is 0 Å². The summed E-state index contributed by atoms with van der Waals surface area (Å²) in [6, 6.07) is 9.21. The average Bonchev–Trinajstić information content (AvgIpc) is 2.60. The first-order valence-electron chi connectivity index (χ1n) is 8.34. The van der Waals surface area contributed by atoms with Gasteiger partial charge in [0.05, 0.1) is 30.4 Å². The molecule has 1 amide bonds. The van der Waals surface area contributed by atoms with Crippen LogP contribution in [0.25, 0.3) is 0 Å². The van der Waals surface area contributed by atoms with Crippen LogP contribution in [0.15, 0.2) is 41.3 Å². The Hall–Kier alpha value is -2.74. The lowest BCUT2D eigenvalue weighted by molar-refractivity contribution is 0.0940. The zero-order chi connectivity index (χ0) is 20.2. The van der Waals surface area contributed by atoms with Crippen LogP contribution in [0.4, 0.5) is 5.69 Å². The van der Waals surface area contributed by atoms with E-state index in [2.05, 4.69) is 10.0 Å². The van der Waals surface area contributed by atoms with Crippen molar-refractivity contribution in [2.45, 2.75) is 31.7 Å². The van der Waals surface area contributed by atoms with Gasteiger partial charge in [-0.3, -0.25) is 9.52 Å². The number of ether oxygens (including phenoxy) is 2. The molecule has 2 aromatic rings. The first-order valence-corrected chi connectivity index (χ1v) is 9.82. The van der Waals surface area contributed by atoms with Gasteiger partial charge in [-0.1, -0.05) is 6.07 Å². The van der Waals surface area contributed by atoms with Gasteiger partial charge >= 0.3 is 0 Å². The lowest BCUT2D eigenvalue weighted by atomic mass is 10.2. The molecule has 2 rings (SSSR count). The van der Waals surface area contributed by atoms with Gasteiger partial charge in [-0.25, -0.2) is 8.42 Å². The van der Waals surface area contributed by atoms with Gasteiger partial charge < -0.3 is 14.8 Å². The van der Waals surface area contributed by atoms with E-state index in [4.69, 9.17) is 9.47 Å². The van der Waals surface area contributed by atoms with Crippen LogP contribution in [0.1, 0.15) is 29.8 Å². The second-order valence-electron chi connectivity index (χ2n) is 6.30. The fraction of sp³-hybridized carbons (Fsp3) is 0.316. The maximum Gasteiger partial charge on any atom is 0.262 e. The zero-order valence-electron chi connectivity index (χ0n) is 16.0. The summed E-state index contributed by atoms with van der Waals surface area (Å²) in [4.78, 5) is 12.3. The monoisotopic (exact) mass is 392 g/mol. The highest BCUT2D eigenvalue weighted by atomic mass is 32.2. The number of aryl methyl sites for hydroxylation is 1. The molecule has 0 aliphatic carbocycles. The van der Waals surface area contributed by atoms with E-state index in [0.29, 0.717) is 17.2 Å². The Morgan fingerprint density at radius 2 is 1.63 bits per heavy atom. The Labute approximate surface area is 159 Å². The third-order valence-electron chi connectivity index (χ3n) is 3.74. The van der Waals surface area contributed by atoms with Crippen LogP contribution in [0.2, 0.25) is 0 Å². The van der Waals surface area contributed by atoms with Crippen molar-refractivity contribution >= 4 is 21.6 Å². The maximum absolute atomic E-state index is 12.8. The molecule has 146 valence electrons. The number of sulfonamides is 1. The Kier molecular flexibility index (Phi) is 6.32. The molecule has 0 bridgehead atoms. The molecule has 7 nitrogen and oxygen atoms in total. The summed E-state index contributed by atoms with van der Waals surface area (Å²) >= 11 is 0. The van der Waals surface area contributed by atoms with Crippen LogP contribution in [0.3, 0.4) is 0 Å². The summed E-state index contributed by atoms with van der Waals surface area (Å²) in [6.45, 7) is 5.48. The number of methoxy groups -OCH3 is 2. The fourth-order valence-corrected chi connectivity index (χ4v) is 3.56. The van der Waals surface area contributed by atoms with Gasteiger partial charge in [0.1, 0.15) is 11.5 Å². The molecule has 0 saturated heterocycles. The maximum atomic E-state index is 12.8. The van der Waals surface area contributed by atoms with Crippen LogP contribution < -0.4 is 19.5 Å². The highest BCUT2D eigenvalue weighted by Gasteiger charge is 2.21. The van der Waals surface area contributed by atoms with Crippen molar-refractivity contribution in [3.8, 4) is 11.5 Å². The summed E-state index contributed by atoms with van der Waals surface area (Å²) in [6.07, 6.45) is 0. The molecule has 0 radical (unpaired) electrons. The molecule has 0 heterocycles. The number of anilines is 1. The lowest BCUT2D eigenvalue weighted by Crippen LogP contribution is -2.30. The molecule has 8 heteroatoms. The molecular formula is C19H24N2O5S. The van der Waals surface area contributed by atoms with E-state index in [9.17, 15) is 13.2 Å². The van der Waals surface area contributed by atoms with E-state index in [1.165, 1.54) is 32.4 Å². The summed E-state index contributed by atoms with van der Waals surface area (Å²) in [5, 5.41) is 2.73. The number of nitrogens with one attached hydrogen (secondary N) is 2. The smallest absolute Gasteiger partial charge is 0.262 e. The molecule has 0 aliphatic heterocycles. The molecule has 27 heavy (non-hydrogen) atoms. The second-order valence-corrected chi connectivity index (χ2v) is 7.98. The SMILES string of the molecule is COc1ccc(C)cc1NS(=O)(=O)c1ccc(OC)c(C(=O)NC(C)C)c1. The highest BCUT2D eigenvalue weighted by molar-refractivity contribution is 7.92. The minimum atomic E-state index is -3.94. The summed E-state index contributed by atoms with van der Waals surface area (Å²) in [7, 11) is -1.05. The third-order valence-corrected chi connectivity index (χ3v) is 5.11. The quantitative estimate of drug-likeness (QED) is 0.756. The van der Waals surface area contributed by atoms with Crippen molar-refractivity contribution in [1.29, 1.82) is 0 Å². The van der Waals surface area contributed by atoms with Crippen LogP contribution in [-0.4, -0.2) is 34.6 Å². The minimum Gasteiger partial charge on any atom is -0.496 e. The number of carbonyl (C=O) groups is 1. The number of carbonyl (C=O) groups excluding carboxylic acids is 1. The Bertz CT molecular complexity index is 939. The van der Waals surface area contributed by atoms with E-state index in [0.717, 1.165) is 5.56 Å². The molecule has 0 atom stereocenters. The number of hydrogen-bond donors (Lipinski definition) is 2. The average molecular weight is 392 g/mol. The summed E-state index contributed by atoms with van der Waals surface area (Å²) in [5.74, 6) is 0.280.